The van der Waals surface area contributed by atoms with E-state index < -0.39 is 102 Å². The van der Waals surface area contributed by atoms with Crippen molar-refractivity contribution in [3.05, 3.63) is 0 Å². The molecule has 13 nitrogen and oxygen atoms in total. The zero-order valence-electron chi connectivity index (χ0n) is 33.3. The molecule has 0 radical (unpaired) electrons. The summed E-state index contributed by atoms with van der Waals surface area (Å²) < 4.78 is 45.2. The molecule has 4 aliphatic heterocycles. The molecule has 298 valence electrons. The number of carbonyl (C=O) groups excluding carboxylic acids is 1. The molecule has 0 amide bonds. The fourth-order valence-electron chi connectivity index (χ4n) is 9.36. The van der Waals surface area contributed by atoms with Crippen molar-refractivity contribution in [3.63, 3.8) is 0 Å². The van der Waals surface area contributed by atoms with Crippen molar-refractivity contribution in [2.45, 2.75) is 192 Å². The van der Waals surface area contributed by atoms with E-state index in [2.05, 4.69) is 11.8 Å². The van der Waals surface area contributed by atoms with E-state index in [1.165, 1.54) is 14.0 Å². The highest BCUT2D eigenvalue weighted by atomic mass is 16.7. The Kier molecular flexibility index (Phi) is 13.8. The SMILES string of the molecule is CC[C@@H](O)[C@@](C)(O)[C@@H]1OC(=O)[C@H](C)[C@@H](O[C@H]2CC(C)(OC)[C@@H](O)C(C)O2)[C@H](C)[C@@H](O[C@@H]2OC(C)CC(N(C)CC)C2O)[C@@]2(C)CC(C)C(O2)[C@@H]1C. The van der Waals surface area contributed by atoms with Gasteiger partial charge in [-0.2, -0.15) is 0 Å². The molecule has 2 bridgehead atoms. The molecular weight excluding hydrogens is 662 g/mol. The van der Waals surface area contributed by atoms with Gasteiger partial charge in [-0.15, -0.1) is 0 Å². The average molecular weight is 732 g/mol. The maximum atomic E-state index is 14.3. The summed E-state index contributed by atoms with van der Waals surface area (Å²) in [5.41, 5.74) is -3.72. The van der Waals surface area contributed by atoms with Crippen molar-refractivity contribution in [1.29, 1.82) is 0 Å². The number of hydrogen-bond donors (Lipinski definition) is 4. The quantitative estimate of drug-likeness (QED) is 0.243. The van der Waals surface area contributed by atoms with Crippen LogP contribution in [0.1, 0.15) is 102 Å². The summed E-state index contributed by atoms with van der Waals surface area (Å²) in [6.07, 6.45) is -7.34. The Labute approximate surface area is 305 Å². The van der Waals surface area contributed by atoms with Crippen LogP contribution in [0.15, 0.2) is 0 Å². The van der Waals surface area contributed by atoms with Crippen LogP contribution in [0.25, 0.3) is 0 Å². The molecule has 0 saturated carbocycles. The molecule has 4 aliphatic rings. The molecule has 4 fully saturated rings. The minimum atomic E-state index is -1.79. The molecule has 0 aromatic rings. The smallest absolute Gasteiger partial charge is 0.311 e. The van der Waals surface area contributed by atoms with Gasteiger partial charge in [0, 0.05) is 31.4 Å². The van der Waals surface area contributed by atoms with Crippen molar-refractivity contribution in [3.8, 4) is 0 Å². The third kappa shape index (κ3) is 8.49. The fourth-order valence-corrected chi connectivity index (χ4v) is 9.36. The van der Waals surface area contributed by atoms with Gasteiger partial charge in [0.1, 0.15) is 23.9 Å². The molecule has 4 heterocycles. The number of carbonyl (C=O) groups is 1. The summed E-state index contributed by atoms with van der Waals surface area (Å²) in [7, 11) is 3.51. The van der Waals surface area contributed by atoms with Crippen LogP contribution >= 0.6 is 0 Å². The summed E-state index contributed by atoms with van der Waals surface area (Å²) in [6, 6.07) is -0.199. The van der Waals surface area contributed by atoms with Crippen LogP contribution in [-0.2, 0) is 38.0 Å². The van der Waals surface area contributed by atoms with E-state index in [9.17, 15) is 25.2 Å². The van der Waals surface area contributed by atoms with Gasteiger partial charge in [0.25, 0.3) is 0 Å². The van der Waals surface area contributed by atoms with E-state index in [1.807, 2.05) is 41.7 Å². The fraction of sp³-hybridized carbons (Fsp3) is 0.974. The van der Waals surface area contributed by atoms with Crippen molar-refractivity contribution >= 4 is 5.97 Å². The van der Waals surface area contributed by atoms with E-state index in [4.69, 9.17) is 33.2 Å². The van der Waals surface area contributed by atoms with Gasteiger partial charge in [-0.05, 0) is 80.3 Å². The van der Waals surface area contributed by atoms with Crippen molar-refractivity contribution < 1.29 is 58.4 Å². The zero-order chi connectivity index (χ0) is 38.4. The predicted octanol–water partition coefficient (Wildman–Crippen LogP) is 3.01. The van der Waals surface area contributed by atoms with Crippen LogP contribution in [0.5, 0.6) is 0 Å². The number of fused-ring (bicyclic) bond motifs is 2. The molecule has 0 aromatic heterocycles. The molecule has 19 atom stereocenters. The third-order valence-corrected chi connectivity index (χ3v) is 12.8. The van der Waals surface area contributed by atoms with E-state index >= 15 is 0 Å². The van der Waals surface area contributed by atoms with Crippen molar-refractivity contribution in [2.75, 3.05) is 20.7 Å². The Morgan fingerprint density at radius 3 is 2.25 bits per heavy atom. The number of cyclic esters (lactones) is 1. The van der Waals surface area contributed by atoms with Gasteiger partial charge in [0.15, 0.2) is 12.6 Å². The first-order valence-corrected chi connectivity index (χ1v) is 19.2. The van der Waals surface area contributed by atoms with E-state index in [-0.39, 0.29) is 30.9 Å². The lowest BCUT2D eigenvalue weighted by Crippen LogP contribution is -2.60. The molecule has 51 heavy (non-hydrogen) atoms. The second-order valence-electron chi connectivity index (χ2n) is 16.9. The monoisotopic (exact) mass is 731 g/mol. The Morgan fingerprint density at radius 2 is 1.67 bits per heavy atom. The van der Waals surface area contributed by atoms with Gasteiger partial charge >= 0.3 is 5.97 Å². The molecule has 0 aliphatic carbocycles. The lowest BCUT2D eigenvalue weighted by molar-refractivity contribution is -0.318. The lowest BCUT2D eigenvalue weighted by Gasteiger charge is -2.48. The number of likely N-dealkylation sites (N-methyl/N-ethyl adjacent to an activating group) is 1. The van der Waals surface area contributed by atoms with Crippen LogP contribution in [0.2, 0.25) is 0 Å². The Bertz CT molecular complexity index is 1160. The van der Waals surface area contributed by atoms with Crippen molar-refractivity contribution in [2.24, 2.45) is 23.7 Å². The topological polar surface area (TPSA) is 166 Å². The normalized spacial score (nSPS) is 48.8. The first-order chi connectivity index (χ1) is 23.6. The second kappa shape index (κ2) is 16.4. The third-order valence-electron chi connectivity index (χ3n) is 12.8. The summed E-state index contributed by atoms with van der Waals surface area (Å²) in [6.45, 7) is 21.1. The minimum Gasteiger partial charge on any atom is -0.459 e. The van der Waals surface area contributed by atoms with Crippen LogP contribution in [0, 0.1) is 23.7 Å². The van der Waals surface area contributed by atoms with Crippen LogP contribution < -0.4 is 0 Å². The highest BCUT2D eigenvalue weighted by Gasteiger charge is 2.59. The predicted molar refractivity (Wildman–Crippen MR) is 189 cm³/mol. The minimum absolute atomic E-state index is 0.0585. The Morgan fingerprint density at radius 1 is 1.02 bits per heavy atom. The van der Waals surface area contributed by atoms with Gasteiger partial charge in [-0.25, -0.2) is 0 Å². The Balaban J connectivity index is 1.82. The van der Waals surface area contributed by atoms with Crippen molar-refractivity contribution in [1.82, 2.24) is 4.90 Å². The van der Waals surface area contributed by atoms with E-state index in [0.717, 1.165) is 6.54 Å². The standard InChI is InChI=1S/C38H69NO12/c1-14-26(40)38(11,44)33-21(5)29-19(3)17-37(10,51-29)32(50-35-28(41)25(39(12)15-2)16-20(4)46-35)22(6)30(23(7)34(43)49-33)48-27-18-36(9,45-13)31(42)24(8)47-27/h19-33,35,40-42,44H,14-18H2,1-13H3/t19?,20?,21-,22-,23+,24?,25?,26+,27-,28?,29?,30-,31-,32+,33+,35-,36?,37+,38+/m0/s1. The van der Waals surface area contributed by atoms with Crippen LogP contribution in [0.3, 0.4) is 0 Å². The van der Waals surface area contributed by atoms with Crippen LogP contribution in [0.4, 0.5) is 0 Å². The number of aliphatic hydroxyl groups excluding tert-OH is 3. The lowest BCUT2D eigenvalue weighted by atomic mass is 9.76. The number of rotatable bonds is 10. The summed E-state index contributed by atoms with van der Waals surface area (Å²) in [5, 5.41) is 45.4. The first-order valence-electron chi connectivity index (χ1n) is 19.2. The zero-order valence-corrected chi connectivity index (χ0v) is 33.3. The number of aliphatic hydroxyl groups is 4. The van der Waals surface area contributed by atoms with Gasteiger partial charge in [0.05, 0.1) is 53.7 Å². The summed E-state index contributed by atoms with van der Waals surface area (Å²) >= 11 is 0. The van der Waals surface area contributed by atoms with Crippen LogP contribution in [-0.4, -0.2) is 142 Å². The number of esters is 1. The highest BCUT2D eigenvalue weighted by molar-refractivity contribution is 5.73. The van der Waals surface area contributed by atoms with E-state index in [0.29, 0.717) is 12.8 Å². The maximum absolute atomic E-state index is 14.3. The largest absolute Gasteiger partial charge is 0.459 e. The second-order valence-corrected chi connectivity index (χ2v) is 16.9. The average Bonchev–Trinajstić information content (AvgIpc) is 3.40. The van der Waals surface area contributed by atoms with E-state index in [1.54, 1.807) is 27.7 Å². The highest BCUT2D eigenvalue weighted by Crippen LogP contribution is 2.48. The molecule has 4 rings (SSSR count). The first kappa shape index (κ1) is 42.8. The number of methoxy groups -OCH3 is 1. The molecule has 4 N–H and O–H groups in total. The van der Waals surface area contributed by atoms with Gasteiger partial charge in [0.2, 0.25) is 0 Å². The maximum Gasteiger partial charge on any atom is 0.311 e. The number of nitrogens with zero attached hydrogens (tertiary/aromatic N) is 1. The van der Waals surface area contributed by atoms with Gasteiger partial charge < -0.3 is 58.5 Å². The molecule has 0 spiro atoms. The van der Waals surface area contributed by atoms with Gasteiger partial charge in [-0.1, -0.05) is 34.6 Å². The number of hydrogen-bond acceptors (Lipinski definition) is 13. The number of ether oxygens (including phenoxy) is 7. The Hall–Kier alpha value is -0.970. The summed E-state index contributed by atoms with van der Waals surface area (Å²) in [5.74, 6) is -2.67. The van der Waals surface area contributed by atoms with Gasteiger partial charge in [-0.3, -0.25) is 4.79 Å². The molecule has 7 unspecified atom stereocenters. The molecule has 13 heteroatoms. The molecule has 0 aromatic carbocycles. The molecule has 4 saturated heterocycles. The summed E-state index contributed by atoms with van der Waals surface area (Å²) in [4.78, 5) is 16.4. The molecular formula is C38H69NO12.